The summed E-state index contributed by atoms with van der Waals surface area (Å²) in [5.74, 6) is -1.57. The molecule has 0 aliphatic carbocycles. The molecule has 1 heterocycles. The van der Waals surface area contributed by atoms with Crippen LogP contribution in [0.25, 0.3) is 0 Å². The Balaban J connectivity index is 1.94. The monoisotopic (exact) mass is 685 g/mol. The predicted octanol–water partition coefficient (Wildman–Crippen LogP) is 5.39. The van der Waals surface area contributed by atoms with Gasteiger partial charge < -0.3 is 24.8 Å². The molecule has 14 heteroatoms. The first-order valence-corrected chi connectivity index (χ1v) is 17.2. The Labute approximate surface area is 275 Å². The molecule has 0 bridgehead atoms. The molecule has 2 amide bonds. The summed E-state index contributed by atoms with van der Waals surface area (Å²) in [5.41, 5.74) is 1.11. The molecule has 262 valence electrons. The van der Waals surface area contributed by atoms with Crippen molar-refractivity contribution in [1.29, 1.82) is 0 Å². The first-order chi connectivity index (χ1) is 22.0. The average molecular weight is 686 g/mol. The third kappa shape index (κ3) is 11.2. The van der Waals surface area contributed by atoms with Crippen molar-refractivity contribution >= 4 is 27.5 Å². The van der Waals surface area contributed by atoms with Gasteiger partial charge in [-0.1, -0.05) is 24.6 Å². The van der Waals surface area contributed by atoms with Gasteiger partial charge >= 0.3 is 6.18 Å². The zero-order valence-electron chi connectivity index (χ0n) is 27.5. The fraction of sp³-hybridized carbons (Fsp3) is 0.576. The summed E-state index contributed by atoms with van der Waals surface area (Å²) in [6.07, 6.45) is -5.46. The van der Waals surface area contributed by atoms with Crippen LogP contribution in [0.3, 0.4) is 0 Å². The second-order valence-electron chi connectivity index (χ2n) is 12.3. The van der Waals surface area contributed by atoms with Gasteiger partial charge in [0, 0.05) is 44.8 Å². The number of hydrogen-bond acceptors (Lipinski definition) is 7. The lowest BCUT2D eigenvalue weighted by molar-refractivity contribution is -0.142. The molecule has 0 unspecified atom stereocenters. The first kappa shape index (κ1) is 38.2. The highest BCUT2D eigenvalue weighted by Crippen LogP contribution is 2.29. The van der Waals surface area contributed by atoms with E-state index in [2.05, 4.69) is 5.32 Å². The minimum absolute atomic E-state index is 0.0110. The van der Waals surface area contributed by atoms with Gasteiger partial charge in [-0.25, -0.2) is 8.42 Å². The number of rotatable bonds is 9. The van der Waals surface area contributed by atoms with E-state index in [0.29, 0.717) is 19.4 Å². The van der Waals surface area contributed by atoms with Crippen molar-refractivity contribution in [3.05, 3.63) is 53.6 Å². The van der Waals surface area contributed by atoms with Crippen molar-refractivity contribution < 1.29 is 45.8 Å². The van der Waals surface area contributed by atoms with Gasteiger partial charge in [0.2, 0.25) is 15.9 Å². The molecule has 1 aliphatic heterocycles. The summed E-state index contributed by atoms with van der Waals surface area (Å²) in [7, 11) is -2.36. The highest BCUT2D eigenvalue weighted by molar-refractivity contribution is 7.89. The summed E-state index contributed by atoms with van der Waals surface area (Å²) in [6, 6.07) is 10.2. The molecule has 2 aromatic rings. The number of ether oxygens (including phenoxy) is 2. The molecule has 0 aromatic heterocycles. The minimum atomic E-state index is -4.49. The number of nitrogens with zero attached hydrogens (tertiary/aromatic N) is 2. The van der Waals surface area contributed by atoms with E-state index in [1.807, 2.05) is 20.8 Å². The maximum atomic E-state index is 14.2. The molecule has 10 nitrogen and oxygen atoms in total. The zero-order chi connectivity index (χ0) is 34.9. The van der Waals surface area contributed by atoms with E-state index in [4.69, 9.17) is 9.47 Å². The molecule has 0 saturated carbocycles. The third-order valence-corrected chi connectivity index (χ3v) is 9.97. The van der Waals surface area contributed by atoms with E-state index >= 15 is 0 Å². The van der Waals surface area contributed by atoms with Gasteiger partial charge in [0.05, 0.1) is 41.7 Å². The number of benzene rings is 2. The SMILES string of the molecule is Cc1ccc(S(=O)(=O)N(C)C[C@H]2OCCCC[C@@H](C)Oc3ccc(NC(=O)CCC(F)(F)F)cc3C(=O)N([C@@H](C)CO)C[C@@H]2C)cc1. The Kier molecular flexibility index (Phi) is 13.6. The summed E-state index contributed by atoms with van der Waals surface area (Å²) < 4.78 is 78.4. The number of halogens is 3. The molecular weight excluding hydrogens is 639 g/mol. The standard InChI is InChI=1S/C33H46F3N3O7S/c1-22-9-12-27(13-10-22)47(43,44)38(5)20-30-23(2)19-39(24(3)21-40)32(42)28-18-26(37-31(41)15-16-33(34,35)36)11-14-29(28)46-25(4)8-6-7-17-45-30/h9-14,18,23-25,30,40H,6-8,15-17,19-21H2,1-5H3,(H,37,41)/t23-,24-,25+,30+/m0/s1. The highest BCUT2D eigenvalue weighted by atomic mass is 32.2. The first-order valence-electron chi connectivity index (χ1n) is 15.8. The van der Waals surface area contributed by atoms with Gasteiger partial charge in [0.25, 0.3) is 5.91 Å². The van der Waals surface area contributed by atoms with Gasteiger partial charge in [-0.15, -0.1) is 0 Å². The third-order valence-electron chi connectivity index (χ3n) is 8.14. The molecule has 4 atom stereocenters. The van der Waals surface area contributed by atoms with Crippen LogP contribution in [0.15, 0.2) is 47.4 Å². The van der Waals surface area contributed by atoms with Crippen molar-refractivity contribution in [1.82, 2.24) is 9.21 Å². The fourth-order valence-corrected chi connectivity index (χ4v) is 6.37. The summed E-state index contributed by atoms with van der Waals surface area (Å²) in [6.45, 7) is 7.26. The van der Waals surface area contributed by atoms with Crippen LogP contribution in [0.2, 0.25) is 0 Å². The fourth-order valence-electron chi connectivity index (χ4n) is 5.18. The number of amides is 2. The molecular formula is C33H46F3N3O7S. The van der Waals surface area contributed by atoms with Gasteiger partial charge in [0.1, 0.15) is 5.75 Å². The number of aliphatic hydroxyl groups excluding tert-OH is 1. The molecule has 3 rings (SSSR count). The average Bonchev–Trinajstić information content (AvgIpc) is 3.01. The molecule has 2 N–H and O–H groups in total. The van der Waals surface area contributed by atoms with E-state index in [0.717, 1.165) is 12.0 Å². The lowest BCUT2D eigenvalue weighted by Gasteiger charge is -2.35. The second kappa shape index (κ2) is 16.8. The molecule has 2 aromatic carbocycles. The van der Waals surface area contributed by atoms with Crippen molar-refractivity contribution in [2.75, 3.05) is 38.7 Å². The number of alkyl halides is 3. The summed E-state index contributed by atoms with van der Waals surface area (Å²) in [5, 5.41) is 12.6. The smallest absolute Gasteiger partial charge is 0.389 e. The molecule has 0 radical (unpaired) electrons. The number of nitrogens with one attached hydrogen (secondary N) is 1. The van der Waals surface area contributed by atoms with E-state index in [1.165, 1.54) is 34.5 Å². The van der Waals surface area contributed by atoms with Gasteiger partial charge in [-0.05, 0) is 70.4 Å². The molecule has 0 saturated heterocycles. The normalized spacial score (nSPS) is 21.0. The van der Waals surface area contributed by atoms with Crippen molar-refractivity contribution in [2.45, 2.75) is 89.1 Å². The van der Waals surface area contributed by atoms with E-state index in [9.17, 15) is 36.3 Å². The number of anilines is 1. The van der Waals surface area contributed by atoms with E-state index in [1.54, 1.807) is 31.2 Å². The van der Waals surface area contributed by atoms with Crippen molar-refractivity contribution in [3.63, 3.8) is 0 Å². The van der Waals surface area contributed by atoms with Crippen LogP contribution in [0.1, 0.15) is 68.8 Å². The topological polar surface area (TPSA) is 125 Å². The number of carbonyl (C=O) groups is 2. The molecule has 0 fully saturated rings. The van der Waals surface area contributed by atoms with Crippen molar-refractivity contribution in [2.24, 2.45) is 5.92 Å². The molecule has 47 heavy (non-hydrogen) atoms. The lowest BCUT2D eigenvalue weighted by atomic mass is 10.0. The Morgan fingerprint density at radius 2 is 1.83 bits per heavy atom. The number of fused-ring (bicyclic) bond motifs is 1. The van der Waals surface area contributed by atoms with E-state index < -0.39 is 58.9 Å². The number of aliphatic hydroxyl groups is 1. The number of carbonyl (C=O) groups excluding carboxylic acids is 2. The Bertz CT molecular complexity index is 1450. The van der Waals surface area contributed by atoms with Crippen molar-refractivity contribution in [3.8, 4) is 5.75 Å². The highest BCUT2D eigenvalue weighted by Gasteiger charge is 2.33. The van der Waals surface area contributed by atoms with Gasteiger partial charge in [-0.3, -0.25) is 9.59 Å². The lowest BCUT2D eigenvalue weighted by Crippen LogP contribution is -2.48. The van der Waals surface area contributed by atoms with E-state index in [-0.39, 0.29) is 47.7 Å². The Morgan fingerprint density at radius 3 is 2.47 bits per heavy atom. The van der Waals surface area contributed by atoms with Crippen LogP contribution in [-0.4, -0.2) is 92.3 Å². The van der Waals surface area contributed by atoms with Crippen LogP contribution in [0.5, 0.6) is 5.75 Å². The number of likely N-dealkylation sites (N-methyl/N-ethyl adjacent to an activating group) is 1. The summed E-state index contributed by atoms with van der Waals surface area (Å²) in [4.78, 5) is 28.0. The Morgan fingerprint density at radius 1 is 1.15 bits per heavy atom. The quantitative estimate of drug-likeness (QED) is 0.363. The number of aryl methyl sites for hydroxylation is 1. The number of sulfonamides is 1. The zero-order valence-corrected chi connectivity index (χ0v) is 28.4. The van der Waals surface area contributed by atoms with Gasteiger partial charge in [0.15, 0.2) is 0 Å². The van der Waals surface area contributed by atoms with Gasteiger partial charge in [-0.2, -0.15) is 17.5 Å². The Hall–Kier alpha value is -3.20. The molecule has 0 spiro atoms. The van der Waals surface area contributed by atoms with Crippen LogP contribution in [0.4, 0.5) is 18.9 Å². The summed E-state index contributed by atoms with van der Waals surface area (Å²) >= 11 is 0. The second-order valence-corrected chi connectivity index (χ2v) is 14.3. The van der Waals surface area contributed by atoms with Crippen LogP contribution < -0.4 is 10.1 Å². The maximum absolute atomic E-state index is 14.2. The van der Waals surface area contributed by atoms with Crippen LogP contribution >= 0.6 is 0 Å². The largest absolute Gasteiger partial charge is 0.490 e. The maximum Gasteiger partial charge on any atom is 0.389 e. The minimum Gasteiger partial charge on any atom is -0.490 e. The van der Waals surface area contributed by atoms with Crippen LogP contribution in [-0.2, 0) is 19.6 Å². The molecule has 1 aliphatic rings. The predicted molar refractivity (Wildman–Crippen MR) is 172 cm³/mol. The number of hydrogen-bond donors (Lipinski definition) is 2. The van der Waals surface area contributed by atoms with Crippen LogP contribution in [0, 0.1) is 12.8 Å².